The Morgan fingerprint density at radius 3 is 2.36 bits per heavy atom. The van der Waals surface area contributed by atoms with Gasteiger partial charge in [-0.3, -0.25) is 19.5 Å². The molecule has 25 heavy (non-hydrogen) atoms. The van der Waals surface area contributed by atoms with Crippen LogP contribution >= 0.6 is 23.4 Å². The van der Waals surface area contributed by atoms with Crippen LogP contribution in [0.25, 0.3) is 0 Å². The summed E-state index contributed by atoms with van der Waals surface area (Å²) in [7, 11) is 0. The van der Waals surface area contributed by atoms with Crippen LogP contribution in [-0.4, -0.2) is 45.8 Å². The molecule has 0 aliphatic carbocycles. The summed E-state index contributed by atoms with van der Waals surface area (Å²) >= 11 is 7.53. The van der Waals surface area contributed by atoms with Crippen LogP contribution in [0.4, 0.5) is 5.69 Å². The maximum absolute atomic E-state index is 12.8. The smallest absolute Gasteiger partial charge is 0.254 e. The third kappa shape index (κ3) is 4.36. The first-order valence-electron chi connectivity index (χ1n) is 8.34. The first-order chi connectivity index (χ1) is 11.7. The van der Waals surface area contributed by atoms with Crippen LogP contribution in [0, 0.1) is 0 Å². The van der Waals surface area contributed by atoms with Gasteiger partial charge in [-0.2, -0.15) is 0 Å². The molecule has 1 heterocycles. The number of hydrogen-bond acceptors (Lipinski definition) is 4. The van der Waals surface area contributed by atoms with Gasteiger partial charge in [0.1, 0.15) is 6.54 Å². The summed E-state index contributed by atoms with van der Waals surface area (Å²) in [5, 5.41) is 0.655. The Hall–Kier alpha value is -1.53. The number of aliphatic imine (C=N–C) groups is 1. The number of nitrogens with zero attached hydrogens (tertiary/aromatic N) is 3. The second-order valence-corrected chi connectivity index (χ2v) is 8.19. The number of amides is 2. The van der Waals surface area contributed by atoms with Crippen molar-refractivity contribution in [1.29, 1.82) is 0 Å². The number of amidine groups is 1. The van der Waals surface area contributed by atoms with E-state index in [1.807, 2.05) is 51.7 Å². The van der Waals surface area contributed by atoms with E-state index in [0.29, 0.717) is 15.9 Å². The molecule has 0 bridgehead atoms. The first-order valence-corrected chi connectivity index (χ1v) is 9.60. The fourth-order valence-electron chi connectivity index (χ4n) is 2.87. The van der Waals surface area contributed by atoms with Crippen molar-refractivity contribution in [2.24, 2.45) is 4.99 Å². The summed E-state index contributed by atoms with van der Waals surface area (Å²) in [4.78, 5) is 32.8. The minimum atomic E-state index is -0.348. The summed E-state index contributed by atoms with van der Waals surface area (Å²) in [6, 6.07) is 7.38. The van der Waals surface area contributed by atoms with E-state index in [4.69, 9.17) is 11.6 Å². The molecule has 0 spiro atoms. The standard InChI is InChI=1S/C18H24ClN3O2S/c1-11(2)21(12(3)4)17(24)13(5)25-18-20-10-16(23)22(18)15-9-7-6-8-14(15)19/h6-9,11-13H,10H2,1-5H3/t13-/m0/s1. The molecule has 136 valence electrons. The number of para-hydroxylation sites is 1. The third-order valence-corrected chi connectivity index (χ3v) is 5.28. The number of hydrogen-bond donors (Lipinski definition) is 0. The predicted molar refractivity (Wildman–Crippen MR) is 105 cm³/mol. The highest BCUT2D eigenvalue weighted by molar-refractivity contribution is 8.15. The fourth-order valence-corrected chi connectivity index (χ4v) is 4.07. The molecular weight excluding hydrogens is 358 g/mol. The summed E-state index contributed by atoms with van der Waals surface area (Å²) in [6.07, 6.45) is 0. The highest BCUT2D eigenvalue weighted by Gasteiger charge is 2.33. The van der Waals surface area contributed by atoms with E-state index in [9.17, 15) is 9.59 Å². The van der Waals surface area contributed by atoms with E-state index >= 15 is 0 Å². The van der Waals surface area contributed by atoms with Gasteiger partial charge in [0.05, 0.1) is 16.0 Å². The van der Waals surface area contributed by atoms with Crippen LogP contribution in [0.2, 0.25) is 5.02 Å². The van der Waals surface area contributed by atoms with E-state index in [0.717, 1.165) is 0 Å². The van der Waals surface area contributed by atoms with Crippen LogP contribution < -0.4 is 4.90 Å². The van der Waals surface area contributed by atoms with Crippen molar-refractivity contribution in [2.75, 3.05) is 11.4 Å². The molecular formula is C18H24ClN3O2S. The molecule has 0 saturated heterocycles. The van der Waals surface area contributed by atoms with Crippen molar-refractivity contribution in [3.63, 3.8) is 0 Å². The molecule has 0 N–H and O–H groups in total. The molecule has 0 saturated carbocycles. The zero-order valence-corrected chi connectivity index (χ0v) is 16.8. The van der Waals surface area contributed by atoms with Gasteiger partial charge in [-0.05, 0) is 46.8 Å². The SMILES string of the molecule is CC(C)N(C(=O)[C@H](C)SC1=NCC(=O)N1c1ccccc1Cl)C(C)C. The van der Waals surface area contributed by atoms with Gasteiger partial charge in [0, 0.05) is 12.1 Å². The molecule has 2 rings (SSSR count). The molecule has 7 heteroatoms. The van der Waals surface area contributed by atoms with E-state index in [-0.39, 0.29) is 35.7 Å². The van der Waals surface area contributed by atoms with Gasteiger partial charge in [0.25, 0.3) is 5.91 Å². The monoisotopic (exact) mass is 381 g/mol. The van der Waals surface area contributed by atoms with Crippen molar-refractivity contribution in [2.45, 2.75) is 52.0 Å². The number of rotatable bonds is 5. The average Bonchev–Trinajstić information content (AvgIpc) is 2.87. The van der Waals surface area contributed by atoms with Crippen molar-refractivity contribution in [3.05, 3.63) is 29.3 Å². The molecule has 0 aromatic heterocycles. The van der Waals surface area contributed by atoms with Gasteiger partial charge in [0.15, 0.2) is 5.17 Å². The van der Waals surface area contributed by atoms with Gasteiger partial charge in [-0.1, -0.05) is 35.5 Å². The summed E-state index contributed by atoms with van der Waals surface area (Å²) in [5.74, 6) is -0.101. The average molecular weight is 382 g/mol. The zero-order chi connectivity index (χ0) is 18.7. The molecule has 0 unspecified atom stereocenters. The minimum absolute atomic E-state index is 0.0381. The number of anilines is 1. The Labute approximate surface area is 158 Å². The van der Waals surface area contributed by atoms with E-state index < -0.39 is 0 Å². The fraction of sp³-hybridized carbons (Fsp3) is 0.500. The van der Waals surface area contributed by atoms with Crippen molar-refractivity contribution >= 4 is 46.0 Å². The van der Waals surface area contributed by atoms with Crippen molar-refractivity contribution in [3.8, 4) is 0 Å². The minimum Gasteiger partial charge on any atom is -0.337 e. The van der Waals surface area contributed by atoms with Crippen LogP contribution in [0.15, 0.2) is 29.3 Å². The summed E-state index contributed by atoms with van der Waals surface area (Å²) < 4.78 is 0. The number of carbonyl (C=O) groups excluding carboxylic acids is 2. The molecule has 2 amide bonds. The Kier molecular flexibility index (Phi) is 6.52. The van der Waals surface area contributed by atoms with E-state index in [1.165, 1.54) is 16.7 Å². The van der Waals surface area contributed by atoms with Crippen LogP contribution in [0.3, 0.4) is 0 Å². The first kappa shape index (κ1) is 19.8. The molecule has 0 fully saturated rings. The number of thioether (sulfide) groups is 1. The zero-order valence-electron chi connectivity index (χ0n) is 15.2. The largest absolute Gasteiger partial charge is 0.337 e. The van der Waals surface area contributed by atoms with Crippen molar-refractivity contribution in [1.82, 2.24) is 4.90 Å². The molecule has 1 aromatic carbocycles. The molecule has 5 nitrogen and oxygen atoms in total. The lowest BCUT2D eigenvalue weighted by Crippen LogP contribution is -2.46. The maximum Gasteiger partial charge on any atom is 0.254 e. The van der Waals surface area contributed by atoms with Gasteiger partial charge < -0.3 is 4.90 Å². The van der Waals surface area contributed by atoms with Gasteiger partial charge in [0.2, 0.25) is 5.91 Å². The maximum atomic E-state index is 12.8. The van der Waals surface area contributed by atoms with E-state index in [2.05, 4.69) is 4.99 Å². The lowest BCUT2D eigenvalue weighted by molar-refractivity contribution is -0.133. The normalized spacial score (nSPS) is 15.8. The second-order valence-electron chi connectivity index (χ2n) is 6.47. The van der Waals surface area contributed by atoms with Crippen LogP contribution in [-0.2, 0) is 9.59 Å². The topological polar surface area (TPSA) is 53.0 Å². The van der Waals surface area contributed by atoms with Crippen molar-refractivity contribution < 1.29 is 9.59 Å². The van der Waals surface area contributed by atoms with Gasteiger partial charge in [-0.15, -0.1) is 0 Å². The highest BCUT2D eigenvalue weighted by Crippen LogP contribution is 2.32. The Morgan fingerprint density at radius 2 is 1.80 bits per heavy atom. The molecule has 1 aliphatic rings. The van der Waals surface area contributed by atoms with E-state index in [1.54, 1.807) is 12.1 Å². The van der Waals surface area contributed by atoms with Gasteiger partial charge in [-0.25, -0.2) is 0 Å². The third-order valence-electron chi connectivity index (χ3n) is 3.88. The number of benzene rings is 1. The lowest BCUT2D eigenvalue weighted by Gasteiger charge is -2.33. The highest BCUT2D eigenvalue weighted by atomic mass is 35.5. The summed E-state index contributed by atoms with van der Waals surface area (Å²) in [5.41, 5.74) is 0.599. The summed E-state index contributed by atoms with van der Waals surface area (Å²) in [6.45, 7) is 9.93. The quantitative estimate of drug-likeness (QED) is 0.779. The Morgan fingerprint density at radius 1 is 1.20 bits per heavy atom. The second kappa shape index (κ2) is 8.23. The van der Waals surface area contributed by atoms with Crippen LogP contribution in [0.1, 0.15) is 34.6 Å². The molecule has 1 aromatic rings. The Balaban J connectivity index is 2.19. The molecule has 0 radical (unpaired) electrons. The van der Waals surface area contributed by atoms with Crippen LogP contribution in [0.5, 0.6) is 0 Å². The predicted octanol–water partition coefficient (Wildman–Crippen LogP) is 3.81. The Bertz CT molecular complexity index is 683. The molecule has 1 atom stereocenters. The number of halogens is 1. The van der Waals surface area contributed by atoms with Gasteiger partial charge >= 0.3 is 0 Å². The molecule has 1 aliphatic heterocycles. The number of carbonyl (C=O) groups is 2. The lowest BCUT2D eigenvalue weighted by atomic mass is 10.2.